The number of nitrogens with zero attached hydrogens (tertiary/aromatic N) is 4. The number of benzene rings is 1. The number of thiophene rings is 1. The van der Waals surface area contributed by atoms with Gasteiger partial charge in [-0.05, 0) is 43.3 Å². The lowest BCUT2D eigenvalue weighted by Gasteiger charge is -2.32. The van der Waals surface area contributed by atoms with Crippen molar-refractivity contribution in [2.75, 3.05) is 23.3 Å². The molecule has 0 unspecified atom stereocenters. The number of carbonyl (C=O) groups is 1. The second-order valence-corrected chi connectivity index (χ2v) is 8.39. The van der Waals surface area contributed by atoms with Crippen LogP contribution in [0.3, 0.4) is 0 Å². The zero-order chi connectivity index (χ0) is 20.5. The van der Waals surface area contributed by atoms with Crippen molar-refractivity contribution in [1.82, 2.24) is 15.1 Å². The van der Waals surface area contributed by atoms with E-state index in [1.807, 2.05) is 35.7 Å². The van der Waals surface area contributed by atoms with Crippen molar-refractivity contribution in [3.63, 3.8) is 0 Å². The van der Waals surface area contributed by atoms with Crippen molar-refractivity contribution in [2.45, 2.75) is 19.8 Å². The van der Waals surface area contributed by atoms with Crippen LogP contribution in [0.2, 0.25) is 0 Å². The van der Waals surface area contributed by atoms with Gasteiger partial charge in [-0.2, -0.15) is 0 Å². The molecule has 1 aliphatic rings. The van der Waals surface area contributed by atoms with Crippen LogP contribution in [0.1, 0.15) is 18.6 Å². The lowest BCUT2D eigenvalue weighted by Crippen LogP contribution is -2.38. The van der Waals surface area contributed by atoms with E-state index in [1.165, 1.54) is 0 Å². The second kappa shape index (κ2) is 7.87. The number of rotatable bonds is 4. The van der Waals surface area contributed by atoms with Crippen LogP contribution in [-0.2, 0) is 4.79 Å². The monoisotopic (exact) mass is 419 g/mol. The molecule has 7 nitrogen and oxygen atoms in total. The number of piperidine rings is 1. The van der Waals surface area contributed by atoms with Gasteiger partial charge in [0, 0.05) is 30.5 Å². The smallest absolute Gasteiger partial charge is 0.228 e. The van der Waals surface area contributed by atoms with Gasteiger partial charge in [0.05, 0.1) is 10.4 Å². The minimum Gasteiger partial charge on any atom is -0.360 e. The number of aryl methyl sites for hydroxylation is 1. The quantitative estimate of drug-likeness (QED) is 0.524. The van der Waals surface area contributed by atoms with E-state index in [-0.39, 0.29) is 11.8 Å². The van der Waals surface area contributed by atoms with Crippen LogP contribution in [0, 0.1) is 12.8 Å². The highest BCUT2D eigenvalue weighted by Crippen LogP contribution is 2.32. The summed E-state index contributed by atoms with van der Waals surface area (Å²) < 4.78 is 5.02. The Hall–Kier alpha value is -3.26. The normalized spacial score (nSPS) is 14.9. The Morgan fingerprint density at radius 1 is 1.17 bits per heavy atom. The lowest BCUT2D eigenvalue weighted by molar-refractivity contribution is -0.120. The molecule has 4 aromatic rings. The highest BCUT2D eigenvalue weighted by atomic mass is 32.1. The van der Waals surface area contributed by atoms with Crippen LogP contribution >= 0.6 is 11.3 Å². The maximum Gasteiger partial charge on any atom is 0.228 e. The molecule has 3 aromatic heterocycles. The Morgan fingerprint density at radius 2 is 2.00 bits per heavy atom. The molecule has 1 saturated heterocycles. The number of anilines is 2. The first-order chi connectivity index (χ1) is 14.7. The Morgan fingerprint density at radius 3 is 2.73 bits per heavy atom. The highest BCUT2D eigenvalue weighted by molar-refractivity contribution is 7.13. The molecule has 5 rings (SSSR count). The van der Waals surface area contributed by atoms with Gasteiger partial charge in [-0.3, -0.25) is 4.79 Å². The Labute approximate surface area is 177 Å². The van der Waals surface area contributed by atoms with Gasteiger partial charge < -0.3 is 14.7 Å². The molecule has 0 radical (unpaired) electrons. The van der Waals surface area contributed by atoms with Crippen molar-refractivity contribution in [2.24, 2.45) is 5.92 Å². The summed E-state index contributed by atoms with van der Waals surface area (Å²) in [6.45, 7) is 3.33. The number of carbonyl (C=O) groups excluding carboxylic acids is 1. The number of para-hydroxylation sites is 1. The van der Waals surface area contributed by atoms with E-state index in [2.05, 4.69) is 21.4 Å². The average Bonchev–Trinajstić information content (AvgIpc) is 3.45. The topological polar surface area (TPSA) is 84.2 Å². The number of aromatic nitrogens is 3. The van der Waals surface area contributed by atoms with Crippen molar-refractivity contribution >= 4 is 39.8 Å². The molecule has 0 atom stereocenters. The molecule has 8 heteroatoms. The molecular formula is C22H21N5O2S. The fraction of sp³-hybridized carbons (Fsp3) is 0.273. The maximum atomic E-state index is 12.6. The van der Waals surface area contributed by atoms with E-state index in [0.717, 1.165) is 53.4 Å². The summed E-state index contributed by atoms with van der Waals surface area (Å²) in [5.74, 6) is 2.78. The van der Waals surface area contributed by atoms with E-state index in [1.54, 1.807) is 24.3 Å². The van der Waals surface area contributed by atoms with Crippen molar-refractivity contribution in [1.29, 1.82) is 0 Å². The molecule has 0 bridgehead atoms. The van der Waals surface area contributed by atoms with Gasteiger partial charge in [0.1, 0.15) is 11.6 Å². The summed E-state index contributed by atoms with van der Waals surface area (Å²) in [4.78, 5) is 25.6. The minimum absolute atomic E-state index is 0.00484. The van der Waals surface area contributed by atoms with Crippen LogP contribution in [0.15, 0.2) is 52.4 Å². The van der Waals surface area contributed by atoms with E-state index in [9.17, 15) is 4.79 Å². The first-order valence-corrected chi connectivity index (χ1v) is 10.8. The first kappa shape index (κ1) is 18.7. The fourth-order valence-electron chi connectivity index (χ4n) is 3.82. The standard InChI is InChI=1S/C22H21N5O2S/c1-14-13-19(26-29-14)24-22(28)15-8-10-27(11-9-15)21-16-5-2-3-6-17(16)23-20(25-21)18-7-4-12-30-18/h2-7,12-13,15H,8-11H2,1H3,(H,24,26,28). The van der Waals surface area contributed by atoms with E-state index in [4.69, 9.17) is 14.5 Å². The van der Waals surface area contributed by atoms with E-state index >= 15 is 0 Å². The molecule has 1 N–H and O–H groups in total. The number of fused-ring (bicyclic) bond motifs is 1. The third-order valence-corrected chi connectivity index (χ3v) is 6.23. The van der Waals surface area contributed by atoms with Crippen molar-refractivity contribution in [3.05, 3.63) is 53.6 Å². The molecule has 152 valence electrons. The zero-order valence-corrected chi connectivity index (χ0v) is 17.4. The minimum atomic E-state index is -0.0527. The van der Waals surface area contributed by atoms with Gasteiger partial charge in [-0.25, -0.2) is 9.97 Å². The summed E-state index contributed by atoms with van der Waals surface area (Å²) in [5.41, 5.74) is 0.937. The van der Waals surface area contributed by atoms with Gasteiger partial charge in [0.15, 0.2) is 11.6 Å². The molecule has 1 amide bonds. The molecule has 1 aromatic carbocycles. The van der Waals surface area contributed by atoms with Gasteiger partial charge in [0.25, 0.3) is 0 Å². The molecule has 0 aliphatic carbocycles. The largest absolute Gasteiger partial charge is 0.360 e. The number of nitrogens with one attached hydrogen (secondary N) is 1. The van der Waals surface area contributed by atoms with Crippen molar-refractivity contribution < 1.29 is 9.32 Å². The SMILES string of the molecule is Cc1cc(NC(=O)C2CCN(c3nc(-c4cccs4)nc4ccccc34)CC2)no1. The Balaban J connectivity index is 1.36. The van der Waals surface area contributed by atoms with Gasteiger partial charge in [0.2, 0.25) is 5.91 Å². The second-order valence-electron chi connectivity index (χ2n) is 7.44. The van der Waals surface area contributed by atoms with Crippen LogP contribution in [0.25, 0.3) is 21.6 Å². The third kappa shape index (κ3) is 3.66. The summed E-state index contributed by atoms with van der Waals surface area (Å²) in [6, 6.07) is 13.9. The van der Waals surface area contributed by atoms with E-state index < -0.39 is 0 Å². The van der Waals surface area contributed by atoms with Gasteiger partial charge in [-0.1, -0.05) is 23.4 Å². The molecular weight excluding hydrogens is 398 g/mol. The Kier molecular flexibility index (Phi) is 4.92. The molecule has 30 heavy (non-hydrogen) atoms. The lowest BCUT2D eigenvalue weighted by atomic mass is 9.95. The predicted molar refractivity (Wildman–Crippen MR) is 118 cm³/mol. The molecule has 0 spiro atoms. The maximum absolute atomic E-state index is 12.6. The summed E-state index contributed by atoms with van der Waals surface area (Å²) in [6.07, 6.45) is 1.52. The zero-order valence-electron chi connectivity index (χ0n) is 16.5. The van der Waals surface area contributed by atoms with Gasteiger partial charge >= 0.3 is 0 Å². The summed E-state index contributed by atoms with van der Waals surface area (Å²) in [5, 5.41) is 9.78. The van der Waals surface area contributed by atoms with Crippen molar-refractivity contribution in [3.8, 4) is 10.7 Å². The summed E-state index contributed by atoms with van der Waals surface area (Å²) >= 11 is 1.64. The Bertz CT molecular complexity index is 1180. The predicted octanol–water partition coefficient (Wildman–Crippen LogP) is 4.51. The van der Waals surface area contributed by atoms with Crippen LogP contribution in [0.5, 0.6) is 0 Å². The number of hydrogen-bond acceptors (Lipinski definition) is 7. The van der Waals surface area contributed by atoms with E-state index in [0.29, 0.717) is 11.6 Å². The van der Waals surface area contributed by atoms with Crippen LogP contribution in [-0.4, -0.2) is 34.1 Å². The fourth-order valence-corrected chi connectivity index (χ4v) is 4.48. The van der Waals surface area contributed by atoms with Gasteiger partial charge in [-0.15, -0.1) is 11.3 Å². The molecule has 4 heterocycles. The molecule has 0 saturated carbocycles. The summed E-state index contributed by atoms with van der Waals surface area (Å²) in [7, 11) is 0. The number of amides is 1. The number of hydrogen-bond donors (Lipinski definition) is 1. The molecule has 1 fully saturated rings. The highest BCUT2D eigenvalue weighted by Gasteiger charge is 2.27. The first-order valence-electron chi connectivity index (χ1n) is 9.97. The molecule has 1 aliphatic heterocycles. The van der Waals surface area contributed by atoms with Crippen LogP contribution < -0.4 is 10.2 Å². The van der Waals surface area contributed by atoms with Crippen LogP contribution in [0.4, 0.5) is 11.6 Å². The average molecular weight is 420 g/mol. The third-order valence-electron chi connectivity index (χ3n) is 5.37.